The number of hydrogen-bond acceptors (Lipinski definition) is 2. The molecule has 0 fully saturated rings. The molecule has 102 valence electrons. The number of aliphatic carboxylic acids is 1. The minimum atomic E-state index is -0.912. The highest BCUT2D eigenvalue weighted by Gasteiger charge is 2.00. The molecule has 4 nitrogen and oxygen atoms in total. The molecular formula is C16H15NO3. The molecule has 0 atom stereocenters. The molecule has 0 spiro atoms. The molecule has 0 unspecified atom stereocenters. The van der Waals surface area contributed by atoms with Gasteiger partial charge in [-0.25, -0.2) is 0 Å². The Hall–Kier alpha value is -2.62. The van der Waals surface area contributed by atoms with Crippen molar-refractivity contribution in [3.8, 4) is 0 Å². The van der Waals surface area contributed by atoms with Crippen molar-refractivity contribution in [2.24, 2.45) is 0 Å². The van der Waals surface area contributed by atoms with Crippen molar-refractivity contribution in [3.63, 3.8) is 0 Å². The Morgan fingerprint density at radius 2 is 1.80 bits per heavy atom. The average Bonchev–Trinajstić information content (AvgIpc) is 2.45. The van der Waals surface area contributed by atoms with E-state index in [0.717, 1.165) is 11.1 Å². The van der Waals surface area contributed by atoms with Gasteiger partial charge >= 0.3 is 5.97 Å². The zero-order valence-electron chi connectivity index (χ0n) is 10.9. The van der Waals surface area contributed by atoms with Crippen molar-refractivity contribution in [1.29, 1.82) is 0 Å². The SMILES string of the molecule is O=C(O)CCn1ccc(/C=C/c2ccccc2)cc1=O. The van der Waals surface area contributed by atoms with Gasteiger partial charge in [0.25, 0.3) is 5.56 Å². The predicted molar refractivity (Wildman–Crippen MR) is 78.3 cm³/mol. The van der Waals surface area contributed by atoms with Gasteiger partial charge in [0.1, 0.15) is 0 Å². The van der Waals surface area contributed by atoms with Crippen LogP contribution in [0.3, 0.4) is 0 Å². The zero-order chi connectivity index (χ0) is 14.4. The van der Waals surface area contributed by atoms with Gasteiger partial charge in [0.05, 0.1) is 6.42 Å². The molecule has 1 N–H and O–H groups in total. The molecule has 20 heavy (non-hydrogen) atoms. The van der Waals surface area contributed by atoms with Crippen LogP contribution in [0.2, 0.25) is 0 Å². The largest absolute Gasteiger partial charge is 0.481 e. The number of carboxylic acids is 1. The Balaban J connectivity index is 2.11. The van der Waals surface area contributed by atoms with Crippen molar-refractivity contribution >= 4 is 18.1 Å². The fourth-order valence-electron chi connectivity index (χ4n) is 1.78. The standard InChI is InChI=1S/C16H15NO3/c18-15-12-14(7-6-13-4-2-1-3-5-13)8-10-17(15)11-9-16(19)20/h1-8,10,12H,9,11H2,(H,19,20)/b7-6+. The van der Waals surface area contributed by atoms with Gasteiger partial charge in [-0.2, -0.15) is 0 Å². The van der Waals surface area contributed by atoms with Crippen LogP contribution in [-0.2, 0) is 11.3 Å². The third-order valence-corrected chi connectivity index (χ3v) is 2.85. The lowest BCUT2D eigenvalue weighted by molar-refractivity contribution is -0.137. The molecule has 1 aromatic carbocycles. The smallest absolute Gasteiger partial charge is 0.305 e. The summed E-state index contributed by atoms with van der Waals surface area (Å²) in [5, 5.41) is 8.60. The van der Waals surface area contributed by atoms with Crippen LogP contribution in [0.4, 0.5) is 0 Å². The lowest BCUT2D eigenvalue weighted by Crippen LogP contribution is -2.20. The molecule has 4 heteroatoms. The fourth-order valence-corrected chi connectivity index (χ4v) is 1.78. The number of carbonyl (C=O) groups is 1. The third-order valence-electron chi connectivity index (χ3n) is 2.85. The number of nitrogens with zero attached hydrogens (tertiary/aromatic N) is 1. The van der Waals surface area contributed by atoms with Crippen molar-refractivity contribution < 1.29 is 9.90 Å². The van der Waals surface area contributed by atoms with E-state index >= 15 is 0 Å². The van der Waals surface area contributed by atoms with Crippen LogP contribution >= 0.6 is 0 Å². The van der Waals surface area contributed by atoms with Gasteiger partial charge in [-0.1, -0.05) is 42.5 Å². The summed E-state index contributed by atoms with van der Waals surface area (Å²) in [6.07, 6.45) is 5.35. The molecule has 1 aromatic heterocycles. The number of carboxylic acid groups (broad SMARTS) is 1. The Morgan fingerprint density at radius 1 is 1.10 bits per heavy atom. The number of rotatable bonds is 5. The Bertz CT molecular complexity index is 672. The van der Waals surface area contributed by atoms with Crippen LogP contribution in [0.15, 0.2) is 53.5 Å². The third kappa shape index (κ3) is 3.95. The van der Waals surface area contributed by atoms with E-state index in [1.165, 1.54) is 10.6 Å². The predicted octanol–water partition coefficient (Wildman–Crippen LogP) is 2.49. The van der Waals surface area contributed by atoms with E-state index in [1.54, 1.807) is 12.3 Å². The van der Waals surface area contributed by atoms with E-state index in [1.807, 2.05) is 42.5 Å². The fraction of sp³-hybridized carbons (Fsp3) is 0.125. The molecule has 0 radical (unpaired) electrons. The van der Waals surface area contributed by atoms with Crippen LogP contribution in [0.25, 0.3) is 12.2 Å². The number of pyridine rings is 1. The molecule has 0 saturated carbocycles. The normalized spacial score (nSPS) is 10.8. The van der Waals surface area contributed by atoms with Crippen LogP contribution in [-0.4, -0.2) is 15.6 Å². The van der Waals surface area contributed by atoms with Gasteiger partial charge in [-0.3, -0.25) is 9.59 Å². The van der Waals surface area contributed by atoms with Crippen molar-refractivity contribution in [2.45, 2.75) is 13.0 Å². The average molecular weight is 269 g/mol. The maximum absolute atomic E-state index is 11.8. The Morgan fingerprint density at radius 3 is 2.45 bits per heavy atom. The van der Waals surface area contributed by atoms with Crippen molar-refractivity contribution in [2.75, 3.05) is 0 Å². The maximum atomic E-state index is 11.8. The summed E-state index contributed by atoms with van der Waals surface area (Å²) in [5.74, 6) is -0.912. The first-order valence-corrected chi connectivity index (χ1v) is 6.30. The van der Waals surface area contributed by atoms with Crippen LogP contribution < -0.4 is 5.56 Å². The molecule has 0 bridgehead atoms. The van der Waals surface area contributed by atoms with E-state index < -0.39 is 5.97 Å². The molecule has 0 aliphatic carbocycles. The maximum Gasteiger partial charge on any atom is 0.305 e. The first-order valence-electron chi connectivity index (χ1n) is 6.30. The Labute approximate surface area is 116 Å². The molecule has 0 aliphatic heterocycles. The second-order valence-corrected chi connectivity index (χ2v) is 4.38. The highest BCUT2D eigenvalue weighted by Crippen LogP contribution is 2.06. The molecule has 0 amide bonds. The summed E-state index contributed by atoms with van der Waals surface area (Å²) in [6.45, 7) is 0.191. The van der Waals surface area contributed by atoms with E-state index in [0.29, 0.717) is 0 Å². The minimum absolute atomic E-state index is 0.0564. The molecular weight excluding hydrogens is 254 g/mol. The summed E-state index contributed by atoms with van der Waals surface area (Å²) in [7, 11) is 0. The molecule has 0 aliphatic rings. The van der Waals surface area contributed by atoms with E-state index in [-0.39, 0.29) is 18.5 Å². The van der Waals surface area contributed by atoms with Crippen LogP contribution in [0.5, 0.6) is 0 Å². The van der Waals surface area contributed by atoms with Gasteiger partial charge in [0.15, 0.2) is 0 Å². The molecule has 1 heterocycles. The van der Waals surface area contributed by atoms with Gasteiger partial charge in [0, 0.05) is 18.8 Å². The van der Waals surface area contributed by atoms with Gasteiger partial charge in [-0.05, 0) is 17.2 Å². The van der Waals surface area contributed by atoms with Gasteiger partial charge < -0.3 is 9.67 Å². The first-order chi connectivity index (χ1) is 9.65. The molecule has 2 rings (SSSR count). The highest BCUT2D eigenvalue weighted by molar-refractivity contribution is 5.69. The zero-order valence-corrected chi connectivity index (χ0v) is 10.9. The van der Waals surface area contributed by atoms with E-state index in [4.69, 9.17) is 5.11 Å². The number of benzene rings is 1. The summed E-state index contributed by atoms with van der Waals surface area (Å²) in [4.78, 5) is 22.3. The van der Waals surface area contributed by atoms with Crippen LogP contribution in [0, 0.1) is 0 Å². The lowest BCUT2D eigenvalue weighted by Gasteiger charge is -2.03. The van der Waals surface area contributed by atoms with Crippen molar-refractivity contribution in [3.05, 3.63) is 70.1 Å². The van der Waals surface area contributed by atoms with Gasteiger partial charge in [0.2, 0.25) is 0 Å². The number of aromatic nitrogens is 1. The summed E-state index contributed by atoms with van der Waals surface area (Å²) in [5.41, 5.74) is 1.66. The second-order valence-electron chi connectivity index (χ2n) is 4.38. The Kier molecular flexibility index (Phi) is 4.50. The van der Waals surface area contributed by atoms with E-state index in [2.05, 4.69) is 0 Å². The second kappa shape index (κ2) is 6.52. The monoisotopic (exact) mass is 269 g/mol. The highest BCUT2D eigenvalue weighted by atomic mass is 16.4. The lowest BCUT2D eigenvalue weighted by atomic mass is 10.1. The summed E-state index contributed by atoms with van der Waals surface area (Å²) < 4.78 is 1.40. The van der Waals surface area contributed by atoms with E-state index in [9.17, 15) is 9.59 Å². The molecule has 2 aromatic rings. The summed E-state index contributed by atoms with van der Waals surface area (Å²) >= 11 is 0. The van der Waals surface area contributed by atoms with Crippen LogP contribution in [0.1, 0.15) is 17.5 Å². The van der Waals surface area contributed by atoms with Gasteiger partial charge in [-0.15, -0.1) is 0 Å². The topological polar surface area (TPSA) is 59.3 Å². The minimum Gasteiger partial charge on any atom is -0.481 e. The number of aryl methyl sites for hydroxylation is 1. The molecule has 0 saturated heterocycles. The number of hydrogen-bond donors (Lipinski definition) is 1. The first kappa shape index (κ1) is 13.8. The quantitative estimate of drug-likeness (QED) is 0.907. The van der Waals surface area contributed by atoms with Crippen molar-refractivity contribution in [1.82, 2.24) is 4.57 Å². The summed E-state index contributed by atoms with van der Waals surface area (Å²) in [6, 6.07) is 13.1.